The third-order valence-corrected chi connectivity index (χ3v) is 5.29. The van der Waals surface area contributed by atoms with E-state index in [2.05, 4.69) is 6.92 Å². The molecule has 0 bridgehead atoms. The summed E-state index contributed by atoms with van der Waals surface area (Å²) in [6, 6.07) is 2.81. The summed E-state index contributed by atoms with van der Waals surface area (Å²) in [5, 5.41) is 0.535. The van der Waals surface area contributed by atoms with Gasteiger partial charge in [-0.2, -0.15) is 0 Å². The van der Waals surface area contributed by atoms with Crippen molar-refractivity contribution >= 4 is 46.7 Å². The predicted octanol–water partition coefficient (Wildman–Crippen LogP) is 7.96. The van der Waals surface area contributed by atoms with Gasteiger partial charge in [-0.15, -0.1) is 0 Å². The molecule has 0 aromatic heterocycles. The van der Waals surface area contributed by atoms with E-state index >= 15 is 0 Å². The zero-order chi connectivity index (χ0) is 22.2. The number of ether oxygens (including phenoxy) is 2. The minimum atomic E-state index is -0.784. The first kappa shape index (κ1) is 26.8. The fraction of sp³-hybridized carbons (Fsp3) is 0.565. The van der Waals surface area contributed by atoms with Crippen LogP contribution in [0.25, 0.3) is 0 Å². The lowest BCUT2D eigenvalue weighted by molar-refractivity contribution is -0.138. The Morgan fingerprint density at radius 2 is 1.23 bits per heavy atom. The SMILES string of the molecule is CCCCCCCCCCCCCOC(=O)/C=C/C(=O)Oc1c(Cl)cc(Cl)cc1Cl. The Morgan fingerprint density at radius 3 is 1.77 bits per heavy atom. The van der Waals surface area contributed by atoms with Crippen molar-refractivity contribution in [1.82, 2.24) is 0 Å². The zero-order valence-corrected chi connectivity index (χ0v) is 19.8. The summed E-state index contributed by atoms with van der Waals surface area (Å²) in [6.45, 7) is 2.57. The maximum atomic E-state index is 11.8. The van der Waals surface area contributed by atoms with Gasteiger partial charge in [-0.3, -0.25) is 0 Å². The Morgan fingerprint density at radius 1 is 0.767 bits per heavy atom. The number of benzene rings is 1. The van der Waals surface area contributed by atoms with E-state index < -0.39 is 11.9 Å². The van der Waals surface area contributed by atoms with E-state index in [1.165, 1.54) is 63.5 Å². The van der Waals surface area contributed by atoms with Crippen molar-refractivity contribution in [2.45, 2.75) is 77.6 Å². The number of hydrogen-bond acceptors (Lipinski definition) is 4. The normalized spacial score (nSPS) is 11.1. The van der Waals surface area contributed by atoms with Crippen LogP contribution >= 0.6 is 34.8 Å². The quantitative estimate of drug-likeness (QED) is 0.111. The average Bonchev–Trinajstić information content (AvgIpc) is 2.70. The van der Waals surface area contributed by atoms with Crippen molar-refractivity contribution in [1.29, 1.82) is 0 Å². The Labute approximate surface area is 194 Å². The predicted molar refractivity (Wildman–Crippen MR) is 124 cm³/mol. The molecule has 30 heavy (non-hydrogen) atoms. The maximum Gasteiger partial charge on any atom is 0.336 e. The lowest BCUT2D eigenvalue weighted by atomic mass is 10.1. The number of hydrogen-bond donors (Lipinski definition) is 0. The van der Waals surface area contributed by atoms with E-state index in [1.54, 1.807) is 0 Å². The molecule has 0 saturated heterocycles. The molecule has 1 rings (SSSR count). The van der Waals surface area contributed by atoms with Gasteiger partial charge in [0.1, 0.15) is 0 Å². The van der Waals surface area contributed by atoms with Crippen LogP contribution in [-0.4, -0.2) is 18.5 Å². The molecular formula is C23H31Cl3O4. The highest BCUT2D eigenvalue weighted by molar-refractivity contribution is 6.40. The van der Waals surface area contributed by atoms with Gasteiger partial charge in [0, 0.05) is 17.2 Å². The molecule has 168 valence electrons. The van der Waals surface area contributed by atoms with Crippen LogP contribution in [0.2, 0.25) is 15.1 Å². The van der Waals surface area contributed by atoms with Crippen LogP contribution < -0.4 is 4.74 Å². The van der Waals surface area contributed by atoms with Crippen LogP contribution in [0.3, 0.4) is 0 Å². The van der Waals surface area contributed by atoms with Gasteiger partial charge in [-0.1, -0.05) is 106 Å². The zero-order valence-electron chi connectivity index (χ0n) is 17.6. The fourth-order valence-electron chi connectivity index (χ4n) is 2.88. The fourth-order valence-corrected chi connectivity index (χ4v) is 3.78. The summed E-state index contributed by atoms with van der Waals surface area (Å²) in [4.78, 5) is 23.5. The van der Waals surface area contributed by atoms with Gasteiger partial charge in [0.25, 0.3) is 0 Å². The minimum absolute atomic E-state index is 0.00768. The average molecular weight is 478 g/mol. The molecular weight excluding hydrogens is 447 g/mol. The van der Waals surface area contributed by atoms with Gasteiger partial charge in [0.2, 0.25) is 0 Å². The van der Waals surface area contributed by atoms with Crippen molar-refractivity contribution in [3.05, 3.63) is 39.4 Å². The highest BCUT2D eigenvalue weighted by Gasteiger charge is 2.12. The summed E-state index contributed by atoms with van der Waals surface area (Å²) in [5.41, 5.74) is 0. The monoisotopic (exact) mass is 476 g/mol. The van der Waals surface area contributed by atoms with E-state index in [0.717, 1.165) is 31.4 Å². The molecule has 0 aliphatic heterocycles. The summed E-state index contributed by atoms with van der Waals surface area (Å²) in [6.07, 6.45) is 15.5. The third kappa shape index (κ3) is 12.5. The molecule has 4 nitrogen and oxygen atoms in total. The van der Waals surface area contributed by atoms with Crippen LogP contribution in [0.1, 0.15) is 77.6 Å². The Balaban J connectivity index is 2.10. The molecule has 0 spiro atoms. The Kier molecular flexibility index (Phi) is 14.7. The Hall–Kier alpha value is -1.23. The largest absolute Gasteiger partial charge is 0.463 e. The molecule has 1 aromatic rings. The Bertz CT molecular complexity index is 666. The molecule has 0 amide bonds. The molecule has 0 saturated carbocycles. The summed E-state index contributed by atoms with van der Waals surface area (Å²) in [5.74, 6) is -1.38. The van der Waals surface area contributed by atoms with Crippen LogP contribution in [0.15, 0.2) is 24.3 Å². The number of carbonyl (C=O) groups is 2. The number of unbranched alkanes of at least 4 members (excludes halogenated alkanes) is 10. The first-order valence-electron chi connectivity index (χ1n) is 10.6. The topological polar surface area (TPSA) is 52.6 Å². The van der Waals surface area contributed by atoms with Crippen LogP contribution in [0, 0.1) is 0 Å². The number of carbonyl (C=O) groups excluding carboxylic acids is 2. The lowest BCUT2D eigenvalue weighted by Gasteiger charge is -2.06. The van der Waals surface area contributed by atoms with E-state index in [-0.39, 0.29) is 15.8 Å². The first-order valence-corrected chi connectivity index (χ1v) is 11.8. The van der Waals surface area contributed by atoms with E-state index in [0.29, 0.717) is 11.6 Å². The molecule has 0 heterocycles. The molecule has 1 aromatic carbocycles. The second-order valence-electron chi connectivity index (χ2n) is 7.16. The molecule has 0 N–H and O–H groups in total. The molecule has 0 radical (unpaired) electrons. The van der Waals surface area contributed by atoms with Crippen LogP contribution in [0.5, 0.6) is 5.75 Å². The van der Waals surface area contributed by atoms with Crippen molar-refractivity contribution in [2.75, 3.05) is 6.61 Å². The van der Waals surface area contributed by atoms with E-state index in [4.69, 9.17) is 44.3 Å². The van der Waals surface area contributed by atoms with Crippen molar-refractivity contribution in [2.24, 2.45) is 0 Å². The van der Waals surface area contributed by atoms with Gasteiger partial charge in [-0.25, -0.2) is 9.59 Å². The molecule has 7 heteroatoms. The number of rotatable bonds is 15. The molecule has 0 unspecified atom stereocenters. The van der Waals surface area contributed by atoms with Crippen LogP contribution in [-0.2, 0) is 14.3 Å². The van der Waals surface area contributed by atoms with Crippen molar-refractivity contribution in [3.63, 3.8) is 0 Å². The van der Waals surface area contributed by atoms with Gasteiger partial charge >= 0.3 is 11.9 Å². The third-order valence-electron chi connectivity index (χ3n) is 4.51. The first-order chi connectivity index (χ1) is 14.4. The van der Waals surface area contributed by atoms with Gasteiger partial charge in [0.05, 0.1) is 16.7 Å². The second-order valence-corrected chi connectivity index (χ2v) is 8.41. The number of halogens is 3. The molecule has 0 fully saturated rings. The maximum absolute atomic E-state index is 11.8. The minimum Gasteiger partial charge on any atom is -0.463 e. The van der Waals surface area contributed by atoms with Crippen molar-refractivity contribution in [3.8, 4) is 5.75 Å². The molecule has 0 aliphatic carbocycles. The van der Waals surface area contributed by atoms with Gasteiger partial charge < -0.3 is 9.47 Å². The summed E-state index contributed by atoms with van der Waals surface area (Å²) < 4.78 is 10.1. The lowest BCUT2D eigenvalue weighted by Crippen LogP contribution is -2.08. The highest BCUT2D eigenvalue weighted by Crippen LogP contribution is 2.35. The van der Waals surface area contributed by atoms with Gasteiger partial charge in [0.15, 0.2) is 5.75 Å². The smallest absolute Gasteiger partial charge is 0.336 e. The van der Waals surface area contributed by atoms with E-state index in [9.17, 15) is 9.59 Å². The second kappa shape index (κ2) is 16.5. The highest BCUT2D eigenvalue weighted by atomic mass is 35.5. The number of esters is 2. The summed E-state index contributed by atoms with van der Waals surface area (Å²) >= 11 is 17.7. The van der Waals surface area contributed by atoms with Crippen molar-refractivity contribution < 1.29 is 19.1 Å². The molecule has 0 aliphatic rings. The molecule has 0 atom stereocenters. The van der Waals surface area contributed by atoms with E-state index in [1.807, 2.05) is 0 Å². The van der Waals surface area contributed by atoms with Crippen LogP contribution in [0.4, 0.5) is 0 Å². The standard InChI is InChI=1S/C23H31Cl3O4/c1-2-3-4-5-6-7-8-9-10-11-12-15-29-21(27)13-14-22(28)30-23-19(25)16-18(24)17-20(23)26/h13-14,16-17H,2-12,15H2,1H3/b14-13+. The summed E-state index contributed by atoms with van der Waals surface area (Å²) in [7, 11) is 0. The van der Waals surface area contributed by atoms with Gasteiger partial charge in [-0.05, 0) is 18.6 Å².